The summed E-state index contributed by atoms with van der Waals surface area (Å²) in [5.41, 5.74) is 2.97. The van der Waals surface area contributed by atoms with Crippen molar-refractivity contribution in [2.45, 2.75) is 39.5 Å². The van der Waals surface area contributed by atoms with E-state index >= 15 is 0 Å². The summed E-state index contributed by atoms with van der Waals surface area (Å²) in [6.45, 7) is 5.85. The number of rotatable bonds is 3. The number of aliphatic hydroxyl groups excluding tert-OH is 1. The van der Waals surface area contributed by atoms with Gasteiger partial charge in [0.15, 0.2) is 0 Å². The fraction of sp³-hybridized carbons (Fsp3) is 0.286. The van der Waals surface area contributed by atoms with Gasteiger partial charge in [-0.25, -0.2) is 4.79 Å². The Morgan fingerprint density at radius 3 is 2.40 bits per heavy atom. The highest BCUT2D eigenvalue weighted by Crippen LogP contribution is 2.10. The van der Waals surface area contributed by atoms with E-state index in [1.807, 2.05) is 69.3 Å². The van der Waals surface area contributed by atoms with E-state index in [0.29, 0.717) is 6.54 Å². The Balaban J connectivity index is 2.08. The lowest BCUT2D eigenvalue weighted by molar-refractivity contribution is 0.0523. The first kappa shape index (κ1) is 18.6. The lowest BCUT2D eigenvalue weighted by Crippen LogP contribution is -2.32. The van der Waals surface area contributed by atoms with E-state index in [2.05, 4.69) is 17.2 Å². The molecule has 0 aromatic heterocycles. The summed E-state index contributed by atoms with van der Waals surface area (Å²) in [6, 6.07) is 15.1. The van der Waals surface area contributed by atoms with Crippen LogP contribution in [0.15, 0.2) is 48.5 Å². The van der Waals surface area contributed by atoms with Gasteiger partial charge in [-0.2, -0.15) is 0 Å². The van der Waals surface area contributed by atoms with Crippen molar-refractivity contribution in [3.05, 3.63) is 70.8 Å². The van der Waals surface area contributed by atoms with Gasteiger partial charge < -0.3 is 15.2 Å². The largest absolute Gasteiger partial charge is 0.444 e. The Hall–Kier alpha value is -2.77. The number of amides is 1. The molecule has 0 radical (unpaired) electrons. The van der Waals surface area contributed by atoms with Gasteiger partial charge in [0.1, 0.15) is 5.60 Å². The summed E-state index contributed by atoms with van der Waals surface area (Å²) >= 11 is 0. The van der Waals surface area contributed by atoms with Crippen LogP contribution >= 0.6 is 0 Å². The quantitative estimate of drug-likeness (QED) is 0.841. The van der Waals surface area contributed by atoms with Crippen molar-refractivity contribution in [2.75, 3.05) is 0 Å². The van der Waals surface area contributed by atoms with Gasteiger partial charge in [-0.3, -0.25) is 0 Å². The number of hydrogen-bond donors (Lipinski definition) is 2. The Morgan fingerprint density at radius 1 is 1.08 bits per heavy atom. The number of benzene rings is 2. The molecule has 0 fully saturated rings. The van der Waals surface area contributed by atoms with Crippen LogP contribution in [-0.4, -0.2) is 16.8 Å². The highest BCUT2D eigenvalue weighted by Gasteiger charge is 2.15. The van der Waals surface area contributed by atoms with Gasteiger partial charge in [0, 0.05) is 17.7 Å². The van der Waals surface area contributed by atoms with Crippen molar-refractivity contribution >= 4 is 6.09 Å². The molecule has 0 unspecified atom stereocenters. The standard InChI is InChI=1S/C21H23NO3/c1-21(2,3)25-20(24)22-14-19-7-5-4-6-18(19)13-12-16-8-10-17(15-23)11-9-16/h4-11,23H,14-15H2,1-3H3,(H,22,24). The predicted molar refractivity (Wildman–Crippen MR) is 97.9 cm³/mol. The Morgan fingerprint density at radius 2 is 1.76 bits per heavy atom. The van der Waals surface area contributed by atoms with E-state index in [-0.39, 0.29) is 6.61 Å². The number of carbonyl (C=O) groups excluding carboxylic acids is 1. The maximum Gasteiger partial charge on any atom is 0.407 e. The van der Waals surface area contributed by atoms with Crippen LogP contribution in [0.25, 0.3) is 0 Å². The summed E-state index contributed by atoms with van der Waals surface area (Å²) < 4.78 is 5.24. The maximum absolute atomic E-state index is 11.8. The molecule has 0 saturated heterocycles. The fourth-order valence-electron chi connectivity index (χ4n) is 2.11. The Kier molecular flexibility index (Phi) is 6.21. The molecule has 0 bridgehead atoms. The summed E-state index contributed by atoms with van der Waals surface area (Å²) in [5, 5.41) is 11.8. The van der Waals surface area contributed by atoms with Crippen LogP contribution in [0, 0.1) is 11.8 Å². The van der Waals surface area contributed by atoms with Crippen molar-refractivity contribution in [1.29, 1.82) is 0 Å². The van der Waals surface area contributed by atoms with Gasteiger partial charge in [-0.05, 0) is 50.1 Å². The minimum atomic E-state index is -0.524. The predicted octanol–water partition coefficient (Wildman–Crippen LogP) is 3.60. The molecule has 0 saturated carbocycles. The Labute approximate surface area is 148 Å². The normalized spacial score (nSPS) is 10.6. The third-order valence-electron chi connectivity index (χ3n) is 3.32. The zero-order chi connectivity index (χ0) is 18.3. The number of hydrogen-bond acceptors (Lipinski definition) is 3. The van der Waals surface area contributed by atoms with Crippen molar-refractivity contribution in [2.24, 2.45) is 0 Å². The number of aliphatic hydroxyl groups is 1. The zero-order valence-electron chi connectivity index (χ0n) is 14.8. The third kappa shape index (κ3) is 6.33. The topological polar surface area (TPSA) is 58.6 Å². The van der Waals surface area contributed by atoms with Gasteiger partial charge in [-0.1, -0.05) is 42.2 Å². The van der Waals surface area contributed by atoms with Crippen LogP contribution in [0.5, 0.6) is 0 Å². The number of carbonyl (C=O) groups is 1. The fourth-order valence-corrected chi connectivity index (χ4v) is 2.11. The van der Waals surface area contributed by atoms with E-state index in [0.717, 1.165) is 22.3 Å². The van der Waals surface area contributed by atoms with Crippen molar-refractivity contribution in [1.82, 2.24) is 5.32 Å². The monoisotopic (exact) mass is 337 g/mol. The van der Waals surface area contributed by atoms with E-state index in [4.69, 9.17) is 9.84 Å². The molecule has 4 nitrogen and oxygen atoms in total. The van der Waals surface area contributed by atoms with E-state index in [9.17, 15) is 4.79 Å². The Bertz CT molecular complexity index is 777. The summed E-state index contributed by atoms with van der Waals surface area (Å²) in [4.78, 5) is 11.8. The van der Waals surface area contributed by atoms with Gasteiger partial charge in [0.05, 0.1) is 6.61 Å². The molecular weight excluding hydrogens is 314 g/mol. The molecule has 25 heavy (non-hydrogen) atoms. The minimum absolute atomic E-state index is 0.0207. The second-order valence-corrected chi connectivity index (χ2v) is 6.62. The SMILES string of the molecule is CC(C)(C)OC(=O)NCc1ccccc1C#Cc1ccc(CO)cc1. The molecule has 2 aromatic rings. The molecule has 1 amide bonds. The molecule has 0 spiro atoms. The second kappa shape index (κ2) is 8.36. The lowest BCUT2D eigenvalue weighted by Gasteiger charge is -2.19. The second-order valence-electron chi connectivity index (χ2n) is 6.62. The molecule has 2 aromatic carbocycles. The highest BCUT2D eigenvalue weighted by atomic mass is 16.6. The minimum Gasteiger partial charge on any atom is -0.444 e. The van der Waals surface area contributed by atoms with Crippen LogP contribution < -0.4 is 5.32 Å². The zero-order valence-corrected chi connectivity index (χ0v) is 14.8. The number of alkyl carbamates (subject to hydrolysis) is 1. The summed E-state index contributed by atoms with van der Waals surface area (Å²) in [5.74, 6) is 6.24. The third-order valence-corrected chi connectivity index (χ3v) is 3.32. The smallest absolute Gasteiger partial charge is 0.407 e. The van der Waals surface area contributed by atoms with Crippen molar-refractivity contribution in [3.63, 3.8) is 0 Å². The first-order chi connectivity index (χ1) is 11.9. The lowest BCUT2D eigenvalue weighted by atomic mass is 10.1. The maximum atomic E-state index is 11.8. The first-order valence-corrected chi connectivity index (χ1v) is 8.14. The molecule has 2 rings (SSSR count). The van der Waals surface area contributed by atoms with Crippen LogP contribution in [0.2, 0.25) is 0 Å². The average molecular weight is 337 g/mol. The molecule has 0 aliphatic rings. The van der Waals surface area contributed by atoms with E-state index in [1.54, 1.807) is 0 Å². The molecule has 4 heteroatoms. The molecular formula is C21H23NO3. The molecule has 2 N–H and O–H groups in total. The summed E-state index contributed by atoms with van der Waals surface area (Å²) in [6.07, 6.45) is -0.449. The van der Waals surface area contributed by atoms with Gasteiger partial charge in [0.2, 0.25) is 0 Å². The molecule has 0 atom stereocenters. The van der Waals surface area contributed by atoms with Crippen molar-refractivity contribution in [3.8, 4) is 11.8 Å². The van der Waals surface area contributed by atoms with Gasteiger partial charge >= 0.3 is 6.09 Å². The van der Waals surface area contributed by atoms with E-state index in [1.165, 1.54) is 0 Å². The number of nitrogens with one attached hydrogen (secondary N) is 1. The highest BCUT2D eigenvalue weighted by molar-refractivity contribution is 5.67. The van der Waals surface area contributed by atoms with Crippen molar-refractivity contribution < 1.29 is 14.6 Å². The number of ether oxygens (including phenoxy) is 1. The molecule has 130 valence electrons. The van der Waals surface area contributed by atoms with Crippen LogP contribution in [-0.2, 0) is 17.9 Å². The van der Waals surface area contributed by atoms with Crippen LogP contribution in [0.1, 0.15) is 43.0 Å². The van der Waals surface area contributed by atoms with E-state index < -0.39 is 11.7 Å². The summed E-state index contributed by atoms with van der Waals surface area (Å²) in [7, 11) is 0. The molecule has 0 aliphatic carbocycles. The van der Waals surface area contributed by atoms with Gasteiger partial charge in [-0.15, -0.1) is 0 Å². The molecule has 0 aliphatic heterocycles. The van der Waals surface area contributed by atoms with Crippen LogP contribution in [0.3, 0.4) is 0 Å². The first-order valence-electron chi connectivity index (χ1n) is 8.14. The average Bonchev–Trinajstić information content (AvgIpc) is 2.58. The van der Waals surface area contributed by atoms with Crippen LogP contribution in [0.4, 0.5) is 4.79 Å². The molecule has 0 heterocycles. The van der Waals surface area contributed by atoms with Gasteiger partial charge in [0.25, 0.3) is 0 Å².